The third kappa shape index (κ3) is 3.51. The number of anilines is 2. The first kappa shape index (κ1) is 19.9. The van der Waals surface area contributed by atoms with E-state index in [0.29, 0.717) is 0 Å². The number of amides is 1. The monoisotopic (exact) mass is 440 g/mol. The van der Waals surface area contributed by atoms with Crippen LogP contribution in [0.2, 0.25) is 5.02 Å². The Morgan fingerprint density at radius 3 is 2.57 bits per heavy atom. The summed E-state index contributed by atoms with van der Waals surface area (Å²) in [6, 6.07) is 16.4. The van der Waals surface area contributed by atoms with Gasteiger partial charge in [-0.2, -0.15) is 4.99 Å². The van der Waals surface area contributed by atoms with E-state index < -0.39 is 5.54 Å². The van der Waals surface area contributed by atoms with Crippen molar-refractivity contribution in [2.45, 2.75) is 30.2 Å². The molecule has 0 bridgehead atoms. The molecule has 5 nitrogen and oxygen atoms in total. The number of aliphatic imine (C=N–C) groups is 1. The van der Waals surface area contributed by atoms with E-state index in [9.17, 15) is 4.79 Å². The predicted octanol–water partition coefficient (Wildman–Crippen LogP) is 4.51. The molecule has 0 radical (unpaired) electrons. The van der Waals surface area contributed by atoms with Crippen molar-refractivity contribution >= 4 is 45.8 Å². The highest BCUT2D eigenvalue weighted by molar-refractivity contribution is 8.14. The van der Waals surface area contributed by atoms with Gasteiger partial charge in [0.1, 0.15) is 5.54 Å². The molecule has 3 aliphatic heterocycles. The third-order valence-electron chi connectivity index (χ3n) is 6.35. The zero-order chi connectivity index (χ0) is 20.7. The van der Waals surface area contributed by atoms with Crippen molar-refractivity contribution in [2.75, 3.05) is 42.5 Å². The largest absolute Gasteiger partial charge is 0.369 e. The minimum Gasteiger partial charge on any atom is -0.369 e. The molecule has 0 N–H and O–H groups in total. The molecule has 0 aliphatic carbocycles. The van der Waals surface area contributed by atoms with Crippen LogP contribution in [0.25, 0.3) is 0 Å². The number of rotatable bonds is 5. The van der Waals surface area contributed by atoms with Crippen molar-refractivity contribution < 1.29 is 4.79 Å². The molecule has 2 aromatic rings. The molecule has 1 atom stereocenters. The molecule has 1 amide bonds. The first-order valence-corrected chi connectivity index (χ1v) is 11.7. The van der Waals surface area contributed by atoms with Crippen molar-refractivity contribution in [3.8, 4) is 0 Å². The Morgan fingerprint density at radius 2 is 1.80 bits per heavy atom. The molecule has 3 aliphatic rings. The average Bonchev–Trinajstić information content (AvgIpc) is 3.23. The topological polar surface area (TPSA) is 39.1 Å². The van der Waals surface area contributed by atoms with Gasteiger partial charge in [-0.15, -0.1) is 0 Å². The SMILES string of the molecule is CC1(CCCN2CCN(c3ccc(Cl)cc3)CC2)C(=O)N=C2Sc3ccccc3N21. The molecule has 30 heavy (non-hydrogen) atoms. The number of carbonyl (C=O) groups is 1. The molecule has 0 aromatic heterocycles. The van der Waals surface area contributed by atoms with Crippen molar-refractivity contribution in [3.63, 3.8) is 0 Å². The zero-order valence-electron chi connectivity index (χ0n) is 17.1. The normalized spacial score (nSPS) is 23.5. The molecular weight excluding hydrogens is 416 g/mol. The van der Waals surface area contributed by atoms with Crippen LogP contribution >= 0.6 is 23.4 Å². The van der Waals surface area contributed by atoms with Crippen LogP contribution < -0.4 is 9.80 Å². The summed E-state index contributed by atoms with van der Waals surface area (Å²) in [5.74, 6) is -0.00735. The van der Waals surface area contributed by atoms with Crippen molar-refractivity contribution in [1.29, 1.82) is 0 Å². The Hall–Kier alpha value is -2.02. The molecule has 5 rings (SSSR count). The van der Waals surface area contributed by atoms with Crippen LogP contribution in [-0.4, -0.2) is 54.2 Å². The number of hydrogen-bond donors (Lipinski definition) is 0. The molecule has 3 heterocycles. The highest BCUT2D eigenvalue weighted by atomic mass is 35.5. The molecule has 7 heteroatoms. The third-order valence-corrected chi connectivity index (χ3v) is 7.63. The number of benzene rings is 2. The van der Waals surface area contributed by atoms with E-state index in [0.717, 1.165) is 61.4 Å². The number of halogens is 1. The lowest BCUT2D eigenvalue weighted by Crippen LogP contribution is -2.49. The van der Waals surface area contributed by atoms with Gasteiger partial charge in [-0.25, -0.2) is 0 Å². The van der Waals surface area contributed by atoms with Crippen LogP contribution in [-0.2, 0) is 4.79 Å². The number of amidine groups is 1. The van der Waals surface area contributed by atoms with E-state index in [1.807, 2.05) is 31.2 Å². The maximum atomic E-state index is 12.8. The molecular formula is C23H25ClN4OS. The molecule has 1 fully saturated rings. The maximum Gasteiger partial charge on any atom is 0.274 e. The Morgan fingerprint density at radius 1 is 1.07 bits per heavy atom. The summed E-state index contributed by atoms with van der Waals surface area (Å²) >= 11 is 7.61. The summed E-state index contributed by atoms with van der Waals surface area (Å²) < 4.78 is 0. The summed E-state index contributed by atoms with van der Waals surface area (Å²) in [6.45, 7) is 7.17. The molecule has 0 saturated carbocycles. The first-order valence-electron chi connectivity index (χ1n) is 10.5. The lowest BCUT2D eigenvalue weighted by atomic mass is 9.93. The van der Waals surface area contributed by atoms with Crippen molar-refractivity contribution in [3.05, 3.63) is 53.6 Å². The van der Waals surface area contributed by atoms with Gasteiger partial charge < -0.3 is 9.80 Å². The van der Waals surface area contributed by atoms with Crippen LogP contribution in [0.1, 0.15) is 19.8 Å². The fourth-order valence-electron chi connectivity index (χ4n) is 4.58. The predicted molar refractivity (Wildman–Crippen MR) is 125 cm³/mol. The number of carbonyl (C=O) groups excluding carboxylic acids is 1. The number of thioether (sulfide) groups is 1. The second kappa shape index (κ2) is 7.91. The summed E-state index contributed by atoms with van der Waals surface area (Å²) in [7, 11) is 0. The Kier molecular flexibility index (Phi) is 5.25. The molecule has 0 spiro atoms. The van der Waals surface area contributed by atoms with Gasteiger partial charge in [-0.1, -0.05) is 23.7 Å². The summed E-state index contributed by atoms with van der Waals surface area (Å²) in [4.78, 5) is 25.4. The summed E-state index contributed by atoms with van der Waals surface area (Å²) in [5, 5.41) is 1.61. The number of fused-ring (bicyclic) bond motifs is 3. The average molecular weight is 441 g/mol. The quantitative estimate of drug-likeness (QED) is 0.684. The van der Waals surface area contributed by atoms with Crippen molar-refractivity contribution in [2.24, 2.45) is 4.99 Å². The highest BCUT2D eigenvalue weighted by Crippen LogP contribution is 2.48. The van der Waals surface area contributed by atoms with Gasteiger partial charge >= 0.3 is 0 Å². The summed E-state index contributed by atoms with van der Waals surface area (Å²) in [6.07, 6.45) is 1.79. The number of nitrogens with zero attached hydrogens (tertiary/aromatic N) is 4. The minimum atomic E-state index is -0.569. The van der Waals surface area contributed by atoms with E-state index in [1.54, 1.807) is 11.8 Å². The maximum absolute atomic E-state index is 12.8. The number of hydrogen-bond acceptors (Lipinski definition) is 5. The number of piperazine rings is 1. The van der Waals surface area contributed by atoms with Gasteiger partial charge in [0, 0.05) is 41.8 Å². The molecule has 1 saturated heterocycles. The summed E-state index contributed by atoms with van der Waals surface area (Å²) in [5.41, 5.74) is 1.78. The van der Waals surface area contributed by atoms with Gasteiger partial charge in [0.2, 0.25) is 0 Å². The molecule has 1 unspecified atom stereocenters. The first-order chi connectivity index (χ1) is 14.5. The van der Waals surface area contributed by atoms with Crippen molar-refractivity contribution in [1.82, 2.24) is 4.90 Å². The zero-order valence-corrected chi connectivity index (χ0v) is 18.6. The Bertz CT molecular complexity index is 987. The van der Waals surface area contributed by atoms with Gasteiger partial charge in [-0.05, 0) is 74.5 Å². The van der Waals surface area contributed by atoms with Crippen LogP contribution in [0.4, 0.5) is 11.4 Å². The van der Waals surface area contributed by atoms with Crippen LogP contribution in [0, 0.1) is 0 Å². The Labute approximate surface area is 186 Å². The van der Waals surface area contributed by atoms with E-state index >= 15 is 0 Å². The number of para-hydroxylation sites is 1. The van der Waals surface area contributed by atoms with Gasteiger partial charge in [0.25, 0.3) is 5.91 Å². The van der Waals surface area contributed by atoms with Gasteiger partial charge in [0.15, 0.2) is 5.17 Å². The van der Waals surface area contributed by atoms with E-state index in [4.69, 9.17) is 11.6 Å². The minimum absolute atomic E-state index is 0.00735. The Balaban J connectivity index is 1.17. The smallest absolute Gasteiger partial charge is 0.274 e. The van der Waals surface area contributed by atoms with E-state index in [1.165, 1.54) is 10.6 Å². The molecule has 2 aromatic carbocycles. The van der Waals surface area contributed by atoms with Crippen LogP contribution in [0.15, 0.2) is 58.4 Å². The van der Waals surface area contributed by atoms with Crippen LogP contribution in [0.3, 0.4) is 0 Å². The second-order valence-electron chi connectivity index (χ2n) is 8.29. The standard InChI is InChI=1S/C23H25ClN4OS/c1-23(21(29)25-22-28(23)19-5-2-3-6-20(19)30-22)11-4-12-26-13-15-27(16-14-26)18-9-7-17(24)8-10-18/h2-3,5-10H,4,11-16H2,1H3. The van der Waals surface area contributed by atoms with Gasteiger partial charge in [0.05, 0.1) is 5.69 Å². The second-order valence-corrected chi connectivity index (χ2v) is 9.73. The van der Waals surface area contributed by atoms with E-state index in [-0.39, 0.29) is 5.91 Å². The van der Waals surface area contributed by atoms with E-state index in [2.05, 4.69) is 44.0 Å². The van der Waals surface area contributed by atoms with Crippen LogP contribution in [0.5, 0.6) is 0 Å². The fourth-order valence-corrected chi connectivity index (χ4v) is 5.83. The molecule has 156 valence electrons. The lowest BCUT2D eigenvalue weighted by molar-refractivity contribution is -0.121. The fraction of sp³-hybridized carbons (Fsp3) is 0.391. The lowest BCUT2D eigenvalue weighted by Gasteiger charge is -2.37. The highest BCUT2D eigenvalue weighted by Gasteiger charge is 2.50. The van der Waals surface area contributed by atoms with Gasteiger partial charge in [-0.3, -0.25) is 9.69 Å².